The Hall–Kier alpha value is -1.30. The van der Waals surface area contributed by atoms with E-state index in [9.17, 15) is 0 Å². The number of rotatable bonds is 1. The highest BCUT2D eigenvalue weighted by Gasteiger charge is 2.08. The summed E-state index contributed by atoms with van der Waals surface area (Å²) in [5.74, 6) is 0. The Morgan fingerprint density at radius 3 is 2.91 bits per heavy atom. The van der Waals surface area contributed by atoms with E-state index in [0.717, 1.165) is 10.6 Å². The fourth-order valence-corrected chi connectivity index (χ4v) is 1.21. The van der Waals surface area contributed by atoms with Gasteiger partial charge < -0.3 is 4.52 Å². The molecule has 0 amide bonds. The van der Waals surface area contributed by atoms with Crippen LogP contribution in [-0.2, 0) is 0 Å². The predicted molar refractivity (Wildman–Crippen MR) is 37.9 cm³/mol. The first-order chi connectivity index (χ1) is 5.38. The van der Waals surface area contributed by atoms with Gasteiger partial charge in [-0.15, -0.1) is 10.2 Å². The molecule has 6 heteroatoms. The van der Waals surface area contributed by atoms with E-state index < -0.39 is 0 Å². The molecule has 5 nitrogen and oxygen atoms in total. The summed E-state index contributed by atoms with van der Waals surface area (Å²) in [6.45, 7) is 1.93. The van der Waals surface area contributed by atoms with Gasteiger partial charge in [0.05, 0.1) is 4.88 Å². The van der Waals surface area contributed by atoms with Gasteiger partial charge in [-0.05, 0) is 18.5 Å². The van der Waals surface area contributed by atoms with Crippen LogP contribution in [0.3, 0.4) is 0 Å². The van der Waals surface area contributed by atoms with E-state index >= 15 is 0 Å². The van der Waals surface area contributed by atoms with Crippen molar-refractivity contribution in [3.8, 4) is 11.4 Å². The first-order valence-electron chi connectivity index (χ1n) is 2.94. The number of aryl methyl sites for hydroxylation is 1. The lowest BCUT2D eigenvalue weighted by molar-refractivity contribution is 0.393. The summed E-state index contributed by atoms with van der Waals surface area (Å²) < 4.78 is 8.33. The zero-order valence-electron chi connectivity index (χ0n) is 5.68. The van der Waals surface area contributed by atoms with Crippen LogP contribution in [-0.4, -0.2) is 20.0 Å². The molecular weight excluding hydrogens is 164 g/mol. The second-order valence-corrected chi connectivity index (χ2v) is 2.93. The van der Waals surface area contributed by atoms with Crippen molar-refractivity contribution < 1.29 is 4.52 Å². The summed E-state index contributed by atoms with van der Waals surface area (Å²) in [5, 5.41) is 10.9. The molecule has 0 spiro atoms. The molecule has 0 radical (unpaired) electrons. The largest absolute Gasteiger partial charge is 0.345 e. The van der Waals surface area contributed by atoms with Crippen LogP contribution in [0.2, 0.25) is 0 Å². The summed E-state index contributed by atoms with van der Waals surface area (Å²) in [4.78, 5) is 1.01. The van der Waals surface area contributed by atoms with Crippen LogP contribution in [0.1, 0.15) is 4.88 Å². The maximum atomic E-state index is 4.57. The molecule has 0 aliphatic carbocycles. The monoisotopic (exact) mass is 168 g/mol. The zero-order chi connectivity index (χ0) is 7.68. The minimum Gasteiger partial charge on any atom is -0.345 e. The summed E-state index contributed by atoms with van der Waals surface area (Å²) in [6.07, 6.45) is 1.45. The summed E-state index contributed by atoms with van der Waals surface area (Å²) in [6, 6.07) is 0. The Labute approximate surface area is 66.2 Å². The minimum absolute atomic E-state index is 0.635. The van der Waals surface area contributed by atoms with Gasteiger partial charge in [0.2, 0.25) is 0 Å². The first-order valence-corrected chi connectivity index (χ1v) is 3.71. The molecule has 0 aliphatic heterocycles. The quantitative estimate of drug-likeness (QED) is 0.632. The van der Waals surface area contributed by atoms with Crippen LogP contribution < -0.4 is 0 Å². The number of aromatic nitrogens is 4. The normalized spacial score (nSPS) is 10.3. The molecule has 2 heterocycles. The second-order valence-electron chi connectivity index (χ2n) is 1.97. The third-order valence-electron chi connectivity index (χ3n) is 1.25. The van der Waals surface area contributed by atoms with Crippen LogP contribution in [0.15, 0.2) is 10.8 Å². The zero-order valence-corrected chi connectivity index (χ0v) is 6.50. The Morgan fingerprint density at radius 1 is 1.45 bits per heavy atom. The van der Waals surface area contributed by atoms with Gasteiger partial charge in [-0.25, -0.2) is 0 Å². The molecule has 0 fully saturated rings. The molecule has 0 atom stereocenters. The number of hydrogen-bond acceptors (Lipinski definition) is 6. The SMILES string of the molecule is Cc1snnc1-c1conn1. The van der Waals surface area contributed by atoms with Gasteiger partial charge in [-0.1, -0.05) is 4.49 Å². The molecule has 0 N–H and O–H groups in total. The fourth-order valence-electron chi connectivity index (χ4n) is 0.735. The van der Waals surface area contributed by atoms with E-state index in [4.69, 9.17) is 0 Å². The van der Waals surface area contributed by atoms with Crippen molar-refractivity contribution in [2.45, 2.75) is 6.92 Å². The van der Waals surface area contributed by atoms with Gasteiger partial charge in [-0.3, -0.25) is 0 Å². The van der Waals surface area contributed by atoms with Crippen molar-refractivity contribution in [2.75, 3.05) is 0 Å². The predicted octanol–water partition coefficient (Wildman–Crippen LogP) is 0.897. The molecule has 0 unspecified atom stereocenters. The van der Waals surface area contributed by atoms with Crippen molar-refractivity contribution in [1.29, 1.82) is 0 Å². The van der Waals surface area contributed by atoms with Gasteiger partial charge in [0, 0.05) is 5.27 Å². The summed E-state index contributed by atoms with van der Waals surface area (Å²) in [7, 11) is 0. The summed E-state index contributed by atoms with van der Waals surface area (Å²) in [5.41, 5.74) is 1.38. The molecule has 2 rings (SSSR count). The van der Waals surface area contributed by atoms with Crippen molar-refractivity contribution in [2.24, 2.45) is 0 Å². The Balaban J connectivity index is 2.53. The van der Waals surface area contributed by atoms with Crippen LogP contribution >= 0.6 is 11.5 Å². The van der Waals surface area contributed by atoms with Crippen LogP contribution in [0.4, 0.5) is 0 Å². The van der Waals surface area contributed by atoms with Gasteiger partial charge in [0.15, 0.2) is 12.0 Å². The van der Waals surface area contributed by atoms with Crippen LogP contribution in [0, 0.1) is 6.92 Å². The first kappa shape index (κ1) is 6.41. The van der Waals surface area contributed by atoms with E-state index in [1.807, 2.05) is 6.92 Å². The van der Waals surface area contributed by atoms with Gasteiger partial charge in [0.25, 0.3) is 0 Å². The molecule has 0 aliphatic rings. The van der Waals surface area contributed by atoms with Crippen LogP contribution in [0.25, 0.3) is 11.4 Å². The molecule has 2 aromatic rings. The van der Waals surface area contributed by atoms with Crippen molar-refractivity contribution in [3.63, 3.8) is 0 Å². The molecule has 0 aromatic carbocycles. The Morgan fingerprint density at radius 2 is 2.36 bits per heavy atom. The molecule has 11 heavy (non-hydrogen) atoms. The van der Waals surface area contributed by atoms with E-state index in [1.165, 1.54) is 17.8 Å². The van der Waals surface area contributed by atoms with Crippen molar-refractivity contribution >= 4 is 11.5 Å². The molecule has 0 saturated heterocycles. The highest BCUT2D eigenvalue weighted by Crippen LogP contribution is 2.19. The van der Waals surface area contributed by atoms with Gasteiger partial charge in [-0.2, -0.15) is 0 Å². The van der Waals surface area contributed by atoms with Crippen molar-refractivity contribution in [3.05, 3.63) is 11.1 Å². The molecule has 0 bridgehead atoms. The third kappa shape index (κ3) is 1.01. The number of nitrogens with zero attached hydrogens (tertiary/aromatic N) is 4. The average molecular weight is 168 g/mol. The molecule has 56 valence electrons. The van der Waals surface area contributed by atoms with E-state index in [-0.39, 0.29) is 0 Å². The van der Waals surface area contributed by atoms with Gasteiger partial charge >= 0.3 is 0 Å². The van der Waals surface area contributed by atoms with Crippen molar-refractivity contribution in [1.82, 2.24) is 20.0 Å². The highest BCUT2D eigenvalue weighted by atomic mass is 32.1. The summed E-state index contributed by atoms with van der Waals surface area (Å²) >= 11 is 1.33. The topological polar surface area (TPSA) is 64.7 Å². The smallest absolute Gasteiger partial charge is 0.155 e. The van der Waals surface area contributed by atoms with E-state index in [1.54, 1.807) is 0 Å². The van der Waals surface area contributed by atoms with E-state index in [2.05, 4.69) is 24.5 Å². The van der Waals surface area contributed by atoms with E-state index in [0.29, 0.717) is 5.69 Å². The Bertz CT molecular complexity index is 341. The van der Waals surface area contributed by atoms with Gasteiger partial charge in [0.1, 0.15) is 5.69 Å². The lowest BCUT2D eigenvalue weighted by Crippen LogP contribution is -1.80. The standard InChI is InChI=1S/C5H4N4OS/c1-3-5(7-9-11-3)4-2-10-8-6-4/h2H,1H3. The van der Waals surface area contributed by atoms with Crippen LogP contribution in [0.5, 0.6) is 0 Å². The molecular formula is C5H4N4OS. The average Bonchev–Trinajstić information content (AvgIpc) is 2.55. The lowest BCUT2D eigenvalue weighted by atomic mass is 10.3. The Kier molecular flexibility index (Phi) is 1.39. The molecule has 2 aromatic heterocycles. The molecule has 0 saturated carbocycles. The maximum Gasteiger partial charge on any atom is 0.155 e. The number of hydrogen-bond donors (Lipinski definition) is 0. The second kappa shape index (κ2) is 2.39. The maximum absolute atomic E-state index is 4.57. The highest BCUT2D eigenvalue weighted by molar-refractivity contribution is 7.05. The minimum atomic E-state index is 0.635. The lowest BCUT2D eigenvalue weighted by Gasteiger charge is -1.83. The third-order valence-corrected chi connectivity index (χ3v) is 1.89. The fraction of sp³-hybridized carbons (Fsp3) is 0.200.